The summed E-state index contributed by atoms with van der Waals surface area (Å²) in [5, 5.41) is 9.15. The van der Waals surface area contributed by atoms with Crippen molar-refractivity contribution in [1.29, 1.82) is 0 Å². The van der Waals surface area contributed by atoms with E-state index < -0.39 is 5.97 Å². The van der Waals surface area contributed by atoms with Gasteiger partial charge in [0.15, 0.2) is 0 Å². The summed E-state index contributed by atoms with van der Waals surface area (Å²) < 4.78 is 5.45. The fourth-order valence-corrected chi connectivity index (χ4v) is 3.52. The van der Waals surface area contributed by atoms with Crippen LogP contribution in [0, 0.1) is 5.41 Å². The van der Waals surface area contributed by atoms with Crippen molar-refractivity contribution in [3.05, 3.63) is 0 Å². The van der Waals surface area contributed by atoms with Gasteiger partial charge in [-0.2, -0.15) is 0 Å². The van der Waals surface area contributed by atoms with Gasteiger partial charge in [-0.1, -0.05) is 19.3 Å². The highest BCUT2D eigenvalue weighted by atomic mass is 16.5. The molecule has 1 unspecified atom stereocenters. The van der Waals surface area contributed by atoms with Gasteiger partial charge in [0.25, 0.3) is 0 Å². The Labute approximate surface area is 120 Å². The Morgan fingerprint density at radius 3 is 2.55 bits per heavy atom. The van der Waals surface area contributed by atoms with E-state index in [1.54, 1.807) is 0 Å². The number of nitrogens with zero attached hydrogens (tertiary/aromatic N) is 1. The van der Waals surface area contributed by atoms with Crippen molar-refractivity contribution < 1.29 is 19.4 Å². The quantitative estimate of drug-likeness (QED) is 0.857. The lowest BCUT2D eigenvalue weighted by atomic mass is 9.69. The second kappa shape index (κ2) is 6.57. The molecule has 1 N–H and O–H groups in total. The molecule has 0 bridgehead atoms. The van der Waals surface area contributed by atoms with E-state index in [9.17, 15) is 9.59 Å². The average molecular weight is 283 g/mol. The lowest BCUT2D eigenvalue weighted by Crippen LogP contribution is -2.46. The van der Waals surface area contributed by atoms with Crippen molar-refractivity contribution in [3.8, 4) is 0 Å². The number of morpholine rings is 1. The van der Waals surface area contributed by atoms with Crippen LogP contribution in [0.2, 0.25) is 0 Å². The van der Waals surface area contributed by atoms with Crippen LogP contribution in [-0.2, 0) is 14.3 Å². The molecule has 1 saturated carbocycles. The Hall–Kier alpha value is -1.10. The number of aliphatic carboxylic acids is 1. The summed E-state index contributed by atoms with van der Waals surface area (Å²) in [6.45, 7) is 3.81. The molecule has 1 heterocycles. The van der Waals surface area contributed by atoms with Crippen LogP contribution in [0.4, 0.5) is 0 Å². The van der Waals surface area contributed by atoms with Crippen LogP contribution in [0.1, 0.15) is 51.9 Å². The zero-order valence-corrected chi connectivity index (χ0v) is 12.3. The molecule has 1 saturated heterocycles. The lowest BCUT2D eigenvalue weighted by Gasteiger charge is -2.38. The molecule has 5 heteroatoms. The molecule has 2 rings (SSSR count). The third-order valence-corrected chi connectivity index (χ3v) is 4.56. The zero-order valence-electron chi connectivity index (χ0n) is 12.3. The van der Waals surface area contributed by atoms with Gasteiger partial charge in [0.05, 0.1) is 19.1 Å². The maximum Gasteiger partial charge on any atom is 0.303 e. The number of amides is 1. The number of carbonyl (C=O) groups is 2. The maximum absolute atomic E-state index is 12.5. The van der Waals surface area contributed by atoms with Crippen LogP contribution in [-0.4, -0.2) is 47.7 Å². The Morgan fingerprint density at radius 2 is 1.95 bits per heavy atom. The van der Waals surface area contributed by atoms with Gasteiger partial charge in [-0.3, -0.25) is 9.59 Å². The summed E-state index contributed by atoms with van der Waals surface area (Å²) in [7, 11) is 0. The number of rotatable bonds is 4. The number of carbonyl (C=O) groups excluding carboxylic acids is 1. The second-order valence-corrected chi connectivity index (χ2v) is 6.33. The van der Waals surface area contributed by atoms with E-state index in [0.717, 1.165) is 32.1 Å². The first-order valence-corrected chi connectivity index (χ1v) is 7.62. The highest BCUT2D eigenvalue weighted by Gasteiger charge is 2.38. The van der Waals surface area contributed by atoms with Crippen molar-refractivity contribution in [3.63, 3.8) is 0 Å². The third kappa shape index (κ3) is 3.95. The minimum Gasteiger partial charge on any atom is -0.481 e. The van der Waals surface area contributed by atoms with E-state index in [0.29, 0.717) is 26.1 Å². The molecule has 0 spiro atoms. The lowest BCUT2D eigenvalue weighted by molar-refractivity contribution is -0.145. The van der Waals surface area contributed by atoms with Gasteiger partial charge in [0.2, 0.25) is 5.91 Å². The number of ether oxygens (including phenoxy) is 1. The van der Waals surface area contributed by atoms with Gasteiger partial charge in [-0.05, 0) is 25.2 Å². The van der Waals surface area contributed by atoms with Crippen LogP contribution < -0.4 is 0 Å². The van der Waals surface area contributed by atoms with Gasteiger partial charge < -0.3 is 14.7 Å². The Kier molecular flexibility index (Phi) is 5.02. The Bertz CT molecular complexity index is 363. The average Bonchev–Trinajstić information content (AvgIpc) is 2.38. The summed E-state index contributed by atoms with van der Waals surface area (Å²) in [4.78, 5) is 25.5. The highest BCUT2D eigenvalue weighted by Crippen LogP contribution is 2.42. The fraction of sp³-hybridized carbons (Fsp3) is 0.867. The predicted molar refractivity (Wildman–Crippen MR) is 74.4 cm³/mol. The SMILES string of the molecule is CC1CN(C(=O)CC2(CC(=O)O)CCCCC2)CCO1. The summed E-state index contributed by atoms with van der Waals surface area (Å²) in [5.74, 6) is -0.682. The maximum atomic E-state index is 12.5. The molecule has 114 valence electrons. The smallest absolute Gasteiger partial charge is 0.303 e. The normalized spacial score (nSPS) is 26.2. The van der Waals surface area contributed by atoms with Crippen LogP contribution in [0.25, 0.3) is 0 Å². The van der Waals surface area contributed by atoms with Gasteiger partial charge in [0.1, 0.15) is 0 Å². The molecule has 1 aliphatic heterocycles. The summed E-state index contributed by atoms with van der Waals surface area (Å²) in [5.41, 5.74) is -0.317. The molecule has 1 aliphatic carbocycles. The number of hydrogen-bond donors (Lipinski definition) is 1. The van der Waals surface area contributed by atoms with Crippen molar-refractivity contribution in [2.75, 3.05) is 19.7 Å². The first-order chi connectivity index (χ1) is 9.51. The van der Waals surface area contributed by atoms with Crippen LogP contribution >= 0.6 is 0 Å². The molecule has 20 heavy (non-hydrogen) atoms. The topological polar surface area (TPSA) is 66.8 Å². The molecule has 1 amide bonds. The molecule has 0 aromatic heterocycles. The van der Waals surface area contributed by atoms with Gasteiger partial charge >= 0.3 is 5.97 Å². The van der Waals surface area contributed by atoms with Crippen molar-refractivity contribution in [1.82, 2.24) is 4.90 Å². The molecule has 5 nitrogen and oxygen atoms in total. The van der Waals surface area contributed by atoms with Crippen molar-refractivity contribution in [2.24, 2.45) is 5.41 Å². The molecule has 0 radical (unpaired) electrons. The van der Waals surface area contributed by atoms with Crippen molar-refractivity contribution in [2.45, 2.75) is 58.0 Å². The largest absolute Gasteiger partial charge is 0.481 e. The Morgan fingerprint density at radius 1 is 1.25 bits per heavy atom. The highest BCUT2D eigenvalue weighted by molar-refractivity contribution is 5.78. The second-order valence-electron chi connectivity index (χ2n) is 6.33. The Balaban J connectivity index is 1.99. The van der Waals surface area contributed by atoms with Crippen LogP contribution in [0.15, 0.2) is 0 Å². The monoisotopic (exact) mass is 283 g/mol. The summed E-state index contributed by atoms with van der Waals surface area (Å²) in [6.07, 6.45) is 5.56. The van der Waals surface area contributed by atoms with Gasteiger partial charge in [-0.15, -0.1) is 0 Å². The van der Waals surface area contributed by atoms with Crippen molar-refractivity contribution >= 4 is 11.9 Å². The molecule has 0 aromatic carbocycles. The third-order valence-electron chi connectivity index (χ3n) is 4.56. The van der Waals surface area contributed by atoms with E-state index in [-0.39, 0.29) is 23.8 Å². The summed E-state index contributed by atoms with van der Waals surface area (Å²) in [6, 6.07) is 0. The molecular formula is C15H25NO4. The van der Waals surface area contributed by atoms with Gasteiger partial charge in [-0.25, -0.2) is 0 Å². The van der Waals surface area contributed by atoms with E-state index in [1.165, 1.54) is 0 Å². The number of carboxylic acid groups (broad SMARTS) is 1. The predicted octanol–water partition coefficient (Wildman–Crippen LogP) is 2.05. The first kappa shape index (κ1) is 15.3. The molecule has 0 aromatic rings. The minimum absolute atomic E-state index is 0.0782. The minimum atomic E-state index is -0.782. The van der Waals surface area contributed by atoms with Crippen LogP contribution in [0.3, 0.4) is 0 Å². The standard InChI is InChI=1S/C15H25NO4/c1-12-11-16(7-8-20-12)13(17)9-15(10-14(18)19)5-3-2-4-6-15/h12H,2-11H2,1H3,(H,18,19). The van der Waals surface area contributed by atoms with E-state index in [2.05, 4.69) is 0 Å². The molecule has 2 fully saturated rings. The fourth-order valence-electron chi connectivity index (χ4n) is 3.52. The molecular weight excluding hydrogens is 258 g/mol. The van der Waals surface area contributed by atoms with E-state index >= 15 is 0 Å². The van der Waals surface area contributed by atoms with E-state index in [1.807, 2.05) is 11.8 Å². The summed E-state index contributed by atoms with van der Waals surface area (Å²) >= 11 is 0. The van der Waals surface area contributed by atoms with Gasteiger partial charge in [0, 0.05) is 19.5 Å². The number of carboxylic acids is 1. The van der Waals surface area contributed by atoms with Crippen LogP contribution in [0.5, 0.6) is 0 Å². The molecule has 1 atom stereocenters. The first-order valence-electron chi connectivity index (χ1n) is 7.62. The van der Waals surface area contributed by atoms with E-state index in [4.69, 9.17) is 9.84 Å². The molecule has 2 aliphatic rings. The zero-order chi connectivity index (χ0) is 14.6. The number of hydrogen-bond acceptors (Lipinski definition) is 3.